The highest BCUT2D eigenvalue weighted by Gasteiger charge is 2.38. The van der Waals surface area contributed by atoms with Gasteiger partial charge in [-0.25, -0.2) is 0 Å². The highest BCUT2D eigenvalue weighted by atomic mass is 32.2. The van der Waals surface area contributed by atoms with Crippen LogP contribution in [0.5, 0.6) is 0 Å². The zero-order valence-corrected chi connectivity index (χ0v) is 11.9. The summed E-state index contributed by atoms with van der Waals surface area (Å²) < 4.78 is 5.23. The molecule has 1 aromatic rings. The summed E-state index contributed by atoms with van der Waals surface area (Å²) in [6, 6.07) is 0. The molecular weight excluding hydrogens is 262 g/mol. The number of β-amino-alcohol motifs (C(OH)–C–C–N with tert-alkyl or cyclic N) is 1. The van der Waals surface area contributed by atoms with Crippen LogP contribution in [-0.4, -0.2) is 33.6 Å². The molecule has 0 spiro atoms. The topological polar surface area (TPSA) is 71.2 Å². The Hall–Kier alpha value is -0.590. The zero-order chi connectivity index (χ0) is 13.1. The molecule has 1 aromatic heterocycles. The molecule has 3 rings (SSSR count). The predicted molar refractivity (Wildman–Crippen MR) is 73.8 cm³/mol. The van der Waals surface area contributed by atoms with E-state index in [0.717, 1.165) is 17.5 Å². The molecule has 2 aliphatic rings. The van der Waals surface area contributed by atoms with Crippen LogP contribution in [0.25, 0.3) is 0 Å². The van der Waals surface area contributed by atoms with E-state index < -0.39 is 5.60 Å². The van der Waals surface area contributed by atoms with Gasteiger partial charge in [-0.1, -0.05) is 24.4 Å². The van der Waals surface area contributed by atoms with Crippen molar-refractivity contribution in [1.29, 1.82) is 0 Å². The molecule has 1 aliphatic heterocycles. The number of rotatable bonds is 4. The number of aromatic nitrogens is 2. The van der Waals surface area contributed by atoms with Gasteiger partial charge in [0.25, 0.3) is 5.89 Å². The van der Waals surface area contributed by atoms with Crippen molar-refractivity contribution in [2.24, 2.45) is 0 Å². The van der Waals surface area contributed by atoms with E-state index in [4.69, 9.17) is 4.52 Å². The number of nitrogens with zero attached hydrogens (tertiary/aromatic N) is 2. The highest BCUT2D eigenvalue weighted by molar-refractivity contribution is 7.99. The van der Waals surface area contributed by atoms with E-state index in [2.05, 4.69) is 15.5 Å². The van der Waals surface area contributed by atoms with Crippen LogP contribution < -0.4 is 5.32 Å². The lowest BCUT2D eigenvalue weighted by Crippen LogP contribution is -2.28. The maximum absolute atomic E-state index is 10.3. The molecule has 0 radical (unpaired) electrons. The summed E-state index contributed by atoms with van der Waals surface area (Å²) in [6.45, 7) is 1.30. The summed E-state index contributed by atoms with van der Waals surface area (Å²) in [4.78, 5) is 4.36. The fourth-order valence-corrected chi connectivity index (χ4v) is 3.96. The maximum atomic E-state index is 10.3. The summed E-state index contributed by atoms with van der Waals surface area (Å²) in [5, 5.41) is 18.2. The molecule has 0 bridgehead atoms. The van der Waals surface area contributed by atoms with Gasteiger partial charge in [0.15, 0.2) is 11.4 Å². The third-order valence-corrected chi connectivity index (χ3v) is 5.37. The first-order chi connectivity index (χ1) is 9.26. The Kier molecular flexibility index (Phi) is 4.10. The van der Waals surface area contributed by atoms with Gasteiger partial charge in [-0.15, -0.1) is 0 Å². The smallest absolute Gasteiger partial charge is 0.260 e. The number of nitrogens with one attached hydrogen (secondary N) is 1. The number of aliphatic hydroxyl groups is 1. The molecule has 1 unspecified atom stereocenters. The number of hydrogen-bond acceptors (Lipinski definition) is 6. The van der Waals surface area contributed by atoms with Crippen molar-refractivity contribution in [3.8, 4) is 0 Å². The normalized spacial score (nSPS) is 28.9. The SMILES string of the molecule is OC1(c2nc(CSC3CCCCC3)no2)CCNC1. The van der Waals surface area contributed by atoms with E-state index >= 15 is 0 Å². The van der Waals surface area contributed by atoms with E-state index in [1.54, 1.807) is 0 Å². The molecule has 106 valence electrons. The van der Waals surface area contributed by atoms with Gasteiger partial charge in [0.1, 0.15) is 0 Å². The zero-order valence-electron chi connectivity index (χ0n) is 11.1. The van der Waals surface area contributed by atoms with Gasteiger partial charge in [0.2, 0.25) is 0 Å². The van der Waals surface area contributed by atoms with Crippen molar-refractivity contribution >= 4 is 11.8 Å². The predicted octanol–water partition coefficient (Wildman–Crippen LogP) is 1.82. The summed E-state index contributed by atoms with van der Waals surface area (Å²) in [6.07, 6.45) is 7.33. The average molecular weight is 283 g/mol. The Balaban J connectivity index is 1.55. The van der Waals surface area contributed by atoms with Gasteiger partial charge in [-0.2, -0.15) is 16.7 Å². The minimum absolute atomic E-state index is 0.372. The van der Waals surface area contributed by atoms with E-state index in [1.165, 1.54) is 32.1 Å². The minimum Gasteiger partial charge on any atom is -0.379 e. The molecule has 2 N–H and O–H groups in total. The van der Waals surface area contributed by atoms with Gasteiger partial charge in [0.05, 0.1) is 5.75 Å². The lowest BCUT2D eigenvalue weighted by molar-refractivity contribution is 0.0243. The van der Waals surface area contributed by atoms with Crippen LogP contribution in [0.1, 0.15) is 50.2 Å². The van der Waals surface area contributed by atoms with E-state index in [9.17, 15) is 5.11 Å². The van der Waals surface area contributed by atoms with Crippen molar-refractivity contribution in [3.63, 3.8) is 0 Å². The third-order valence-electron chi connectivity index (χ3n) is 4.00. The van der Waals surface area contributed by atoms with Crippen LogP contribution in [0.2, 0.25) is 0 Å². The van der Waals surface area contributed by atoms with Gasteiger partial charge < -0.3 is 14.9 Å². The molecular formula is C13H21N3O2S. The fourth-order valence-electron chi connectivity index (χ4n) is 2.79. The monoisotopic (exact) mass is 283 g/mol. The largest absolute Gasteiger partial charge is 0.379 e. The van der Waals surface area contributed by atoms with Crippen molar-refractivity contribution in [2.45, 2.75) is 55.1 Å². The lowest BCUT2D eigenvalue weighted by atomic mass is 10.0. The number of hydrogen-bond donors (Lipinski definition) is 2. The first-order valence-electron chi connectivity index (χ1n) is 7.14. The van der Waals surface area contributed by atoms with Crippen LogP contribution in [0.4, 0.5) is 0 Å². The molecule has 5 nitrogen and oxygen atoms in total. The lowest BCUT2D eigenvalue weighted by Gasteiger charge is -2.20. The molecule has 6 heteroatoms. The second kappa shape index (κ2) is 5.81. The van der Waals surface area contributed by atoms with Gasteiger partial charge in [-0.3, -0.25) is 0 Å². The molecule has 1 aliphatic carbocycles. The molecule has 19 heavy (non-hydrogen) atoms. The van der Waals surface area contributed by atoms with Crippen LogP contribution >= 0.6 is 11.8 Å². The van der Waals surface area contributed by atoms with Crippen LogP contribution in [-0.2, 0) is 11.4 Å². The Morgan fingerprint density at radius 1 is 1.37 bits per heavy atom. The van der Waals surface area contributed by atoms with E-state index in [0.29, 0.717) is 24.7 Å². The summed E-state index contributed by atoms with van der Waals surface area (Å²) in [5.74, 6) is 1.88. The molecule has 0 amide bonds. The highest BCUT2D eigenvalue weighted by Crippen LogP contribution is 2.31. The molecule has 1 atom stereocenters. The maximum Gasteiger partial charge on any atom is 0.260 e. The molecule has 1 saturated carbocycles. The first-order valence-corrected chi connectivity index (χ1v) is 8.19. The number of thioether (sulfide) groups is 1. The second-order valence-corrected chi connectivity index (χ2v) is 6.83. The second-order valence-electron chi connectivity index (χ2n) is 5.55. The summed E-state index contributed by atoms with van der Waals surface area (Å²) >= 11 is 1.92. The van der Waals surface area contributed by atoms with E-state index in [-0.39, 0.29) is 0 Å². The van der Waals surface area contributed by atoms with Crippen LogP contribution in [0, 0.1) is 0 Å². The molecule has 0 aromatic carbocycles. The first kappa shape index (κ1) is 13.4. The van der Waals surface area contributed by atoms with Crippen molar-refractivity contribution < 1.29 is 9.63 Å². The quantitative estimate of drug-likeness (QED) is 0.878. The van der Waals surface area contributed by atoms with Crippen molar-refractivity contribution in [2.75, 3.05) is 13.1 Å². The Labute approximate surface area is 117 Å². The van der Waals surface area contributed by atoms with Gasteiger partial charge >= 0.3 is 0 Å². The summed E-state index contributed by atoms with van der Waals surface area (Å²) in [7, 11) is 0. The van der Waals surface area contributed by atoms with E-state index in [1.807, 2.05) is 11.8 Å². The standard InChI is InChI=1S/C13H21N3O2S/c17-13(6-7-14-9-13)12-15-11(16-18-12)8-19-10-4-2-1-3-5-10/h10,14,17H,1-9H2. The Morgan fingerprint density at radius 3 is 2.95 bits per heavy atom. The third kappa shape index (κ3) is 3.12. The van der Waals surface area contributed by atoms with Crippen molar-refractivity contribution in [3.05, 3.63) is 11.7 Å². The Bertz CT molecular complexity index is 412. The Morgan fingerprint density at radius 2 is 2.21 bits per heavy atom. The minimum atomic E-state index is -0.958. The molecule has 2 heterocycles. The van der Waals surface area contributed by atoms with Crippen LogP contribution in [0.3, 0.4) is 0 Å². The van der Waals surface area contributed by atoms with Gasteiger partial charge in [0, 0.05) is 11.8 Å². The molecule has 1 saturated heterocycles. The average Bonchev–Trinajstić information content (AvgIpc) is 3.07. The van der Waals surface area contributed by atoms with Crippen LogP contribution in [0.15, 0.2) is 4.52 Å². The fraction of sp³-hybridized carbons (Fsp3) is 0.846. The van der Waals surface area contributed by atoms with Gasteiger partial charge in [-0.05, 0) is 25.8 Å². The van der Waals surface area contributed by atoms with Crippen molar-refractivity contribution in [1.82, 2.24) is 15.5 Å². The molecule has 2 fully saturated rings. The summed E-state index contributed by atoms with van der Waals surface area (Å²) in [5.41, 5.74) is -0.958.